The largest absolute Gasteiger partial charge is 0.481 e. The second kappa shape index (κ2) is 6.54. The van der Waals surface area contributed by atoms with Gasteiger partial charge in [0.25, 0.3) is 0 Å². The molecule has 0 bridgehead atoms. The van der Waals surface area contributed by atoms with Crippen LogP contribution in [0.3, 0.4) is 0 Å². The first-order valence-electron chi connectivity index (χ1n) is 3.94. The van der Waals surface area contributed by atoms with Crippen LogP contribution < -0.4 is 5.32 Å². The number of carbonyl (C=O) groups is 2. The van der Waals surface area contributed by atoms with Crippen molar-refractivity contribution in [3.05, 3.63) is 0 Å². The van der Waals surface area contributed by atoms with Crippen LogP contribution in [-0.4, -0.2) is 41.2 Å². The Labute approximate surface area is 88.2 Å². The number of carbonyl (C=O) groups excluding carboxylic acids is 1. The number of carboxylic acid groups (broad SMARTS) is 1. The smallest absolute Gasteiger partial charge is 0.405 e. The highest BCUT2D eigenvalue weighted by atomic mass is 32.2. The molecular formula is C7H10F3NO3S. The van der Waals surface area contributed by atoms with Gasteiger partial charge in [0.2, 0.25) is 5.91 Å². The summed E-state index contributed by atoms with van der Waals surface area (Å²) in [6.07, 6.45) is -4.53. The van der Waals surface area contributed by atoms with Gasteiger partial charge in [0.1, 0.15) is 6.54 Å². The van der Waals surface area contributed by atoms with Gasteiger partial charge < -0.3 is 10.4 Å². The molecule has 0 saturated heterocycles. The third-order valence-corrected chi connectivity index (χ3v) is 2.14. The molecule has 15 heavy (non-hydrogen) atoms. The summed E-state index contributed by atoms with van der Waals surface area (Å²) in [5.74, 6) is -1.71. The van der Waals surface area contributed by atoms with E-state index in [0.717, 1.165) is 11.8 Å². The molecule has 0 aliphatic carbocycles. The van der Waals surface area contributed by atoms with Gasteiger partial charge >= 0.3 is 12.1 Å². The predicted octanol–water partition coefficient (Wildman–Crippen LogP) is 0.873. The highest BCUT2D eigenvalue weighted by Gasteiger charge is 2.27. The molecule has 0 heterocycles. The van der Waals surface area contributed by atoms with E-state index in [1.54, 1.807) is 5.32 Å². The van der Waals surface area contributed by atoms with Gasteiger partial charge in [-0.2, -0.15) is 24.9 Å². The molecule has 0 radical (unpaired) electrons. The van der Waals surface area contributed by atoms with Crippen molar-refractivity contribution in [2.75, 3.05) is 18.1 Å². The molecule has 0 aromatic carbocycles. The fourth-order valence-electron chi connectivity index (χ4n) is 0.574. The molecule has 0 rings (SSSR count). The number of aliphatic carboxylic acids is 1. The molecule has 0 unspecified atom stereocenters. The maximum atomic E-state index is 11.6. The highest BCUT2D eigenvalue weighted by Crippen LogP contribution is 2.12. The predicted molar refractivity (Wildman–Crippen MR) is 48.6 cm³/mol. The summed E-state index contributed by atoms with van der Waals surface area (Å²) in [7, 11) is 0. The zero-order valence-corrected chi connectivity index (χ0v) is 8.45. The maximum Gasteiger partial charge on any atom is 0.405 e. The van der Waals surface area contributed by atoms with Crippen LogP contribution in [0.25, 0.3) is 0 Å². The molecule has 88 valence electrons. The molecule has 0 aliphatic rings. The molecule has 0 atom stereocenters. The summed E-state index contributed by atoms with van der Waals surface area (Å²) in [5.41, 5.74) is 0. The fraction of sp³-hybridized carbons (Fsp3) is 0.714. The number of hydrogen-bond acceptors (Lipinski definition) is 3. The molecule has 2 N–H and O–H groups in total. The lowest BCUT2D eigenvalue weighted by molar-refractivity contribution is -0.136. The second-order valence-electron chi connectivity index (χ2n) is 2.59. The average Bonchev–Trinajstić information content (AvgIpc) is 2.07. The fourth-order valence-corrected chi connectivity index (χ4v) is 1.32. The van der Waals surface area contributed by atoms with Crippen LogP contribution >= 0.6 is 11.8 Å². The van der Waals surface area contributed by atoms with E-state index in [2.05, 4.69) is 0 Å². The first-order chi connectivity index (χ1) is 6.81. The van der Waals surface area contributed by atoms with Gasteiger partial charge in [-0.1, -0.05) is 0 Å². The van der Waals surface area contributed by atoms with Crippen molar-refractivity contribution in [1.29, 1.82) is 0 Å². The van der Waals surface area contributed by atoms with E-state index in [1.807, 2.05) is 0 Å². The van der Waals surface area contributed by atoms with Crippen LogP contribution in [0.4, 0.5) is 13.2 Å². The quantitative estimate of drug-likeness (QED) is 0.681. The lowest BCUT2D eigenvalue weighted by atomic mass is 10.5. The van der Waals surface area contributed by atoms with Crippen LogP contribution in [0.1, 0.15) is 6.42 Å². The molecule has 0 aliphatic heterocycles. The Balaban J connectivity index is 3.46. The third kappa shape index (κ3) is 11.0. The van der Waals surface area contributed by atoms with E-state index in [1.165, 1.54) is 0 Å². The van der Waals surface area contributed by atoms with E-state index in [9.17, 15) is 22.8 Å². The van der Waals surface area contributed by atoms with Crippen molar-refractivity contribution >= 4 is 23.6 Å². The lowest BCUT2D eigenvalue weighted by Crippen LogP contribution is -2.34. The molecule has 0 aromatic heterocycles. The SMILES string of the molecule is O=C(O)CCSCC(=O)NCC(F)(F)F. The highest BCUT2D eigenvalue weighted by molar-refractivity contribution is 7.99. The van der Waals surface area contributed by atoms with Gasteiger partial charge in [0.05, 0.1) is 12.2 Å². The zero-order chi connectivity index (χ0) is 11.9. The van der Waals surface area contributed by atoms with Crippen molar-refractivity contribution in [2.24, 2.45) is 0 Å². The van der Waals surface area contributed by atoms with Crippen molar-refractivity contribution in [1.82, 2.24) is 5.32 Å². The minimum Gasteiger partial charge on any atom is -0.481 e. The number of amides is 1. The Morgan fingerprint density at radius 2 is 1.93 bits per heavy atom. The first-order valence-corrected chi connectivity index (χ1v) is 5.10. The van der Waals surface area contributed by atoms with Crippen molar-refractivity contribution in [3.8, 4) is 0 Å². The molecule has 0 saturated carbocycles. The third-order valence-electron chi connectivity index (χ3n) is 1.18. The molecule has 8 heteroatoms. The molecule has 4 nitrogen and oxygen atoms in total. The number of alkyl halides is 3. The van der Waals surface area contributed by atoms with Gasteiger partial charge in [-0.25, -0.2) is 0 Å². The van der Waals surface area contributed by atoms with E-state index < -0.39 is 24.6 Å². The molecular weight excluding hydrogens is 235 g/mol. The average molecular weight is 245 g/mol. The van der Waals surface area contributed by atoms with E-state index in [0.29, 0.717) is 0 Å². The van der Waals surface area contributed by atoms with Crippen molar-refractivity contribution < 1.29 is 27.9 Å². The summed E-state index contributed by atoms with van der Waals surface area (Å²) in [4.78, 5) is 20.8. The lowest BCUT2D eigenvalue weighted by Gasteiger charge is -2.07. The zero-order valence-electron chi connectivity index (χ0n) is 7.63. The molecule has 1 amide bonds. The number of halogens is 3. The van der Waals surface area contributed by atoms with Crippen LogP contribution in [0.5, 0.6) is 0 Å². The van der Waals surface area contributed by atoms with E-state index >= 15 is 0 Å². The van der Waals surface area contributed by atoms with Crippen molar-refractivity contribution in [3.63, 3.8) is 0 Å². The monoisotopic (exact) mass is 245 g/mol. The van der Waals surface area contributed by atoms with Crippen LogP contribution in [0.2, 0.25) is 0 Å². The van der Waals surface area contributed by atoms with Crippen LogP contribution in [-0.2, 0) is 9.59 Å². The van der Waals surface area contributed by atoms with Gasteiger partial charge in [-0.3, -0.25) is 9.59 Å². The van der Waals surface area contributed by atoms with Gasteiger partial charge in [0.15, 0.2) is 0 Å². The molecule has 0 fully saturated rings. The summed E-state index contributed by atoms with van der Waals surface area (Å²) >= 11 is 0.980. The first kappa shape index (κ1) is 14.1. The minimum absolute atomic E-state index is 0.114. The van der Waals surface area contributed by atoms with Gasteiger partial charge in [-0.05, 0) is 0 Å². The summed E-state index contributed by atoms with van der Waals surface area (Å²) in [6.45, 7) is -1.36. The van der Waals surface area contributed by atoms with E-state index in [-0.39, 0.29) is 17.9 Å². The summed E-state index contributed by atoms with van der Waals surface area (Å²) < 4.78 is 34.8. The minimum atomic E-state index is -4.42. The number of rotatable bonds is 6. The van der Waals surface area contributed by atoms with Crippen molar-refractivity contribution in [2.45, 2.75) is 12.6 Å². The number of thioether (sulfide) groups is 1. The van der Waals surface area contributed by atoms with E-state index in [4.69, 9.17) is 5.11 Å². The Morgan fingerprint density at radius 1 is 1.33 bits per heavy atom. The number of nitrogens with one attached hydrogen (secondary N) is 1. The van der Waals surface area contributed by atoms with Gasteiger partial charge in [-0.15, -0.1) is 0 Å². The Morgan fingerprint density at radius 3 is 2.40 bits per heavy atom. The maximum absolute atomic E-state index is 11.6. The standard InChI is InChI=1S/C7H10F3NO3S/c8-7(9,10)4-11-5(12)3-15-2-1-6(13)14/h1-4H2,(H,11,12)(H,13,14). The topological polar surface area (TPSA) is 66.4 Å². The normalized spacial score (nSPS) is 11.1. The van der Waals surface area contributed by atoms with Crippen LogP contribution in [0.15, 0.2) is 0 Å². The number of carboxylic acids is 1. The summed E-state index contributed by atoms with van der Waals surface area (Å²) in [6, 6.07) is 0. The van der Waals surface area contributed by atoms with Crippen LogP contribution in [0, 0.1) is 0 Å². The Bertz CT molecular complexity index is 232. The second-order valence-corrected chi connectivity index (χ2v) is 3.69. The summed E-state index contributed by atoms with van der Waals surface area (Å²) in [5, 5.41) is 9.90. The Hall–Kier alpha value is -0.920. The number of hydrogen-bond donors (Lipinski definition) is 2. The molecule has 0 spiro atoms. The van der Waals surface area contributed by atoms with Gasteiger partial charge in [0, 0.05) is 5.75 Å². The Kier molecular flexibility index (Phi) is 6.14. The molecule has 0 aromatic rings.